The lowest BCUT2D eigenvalue weighted by molar-refractivity contribution is -0.146. The van der Waals surface area contributed by atoms with Gasteiger partial charge in [-0.05, 0) is 36.3 Å². The van der Waals surface area contributed by atoms with Crippen LogP contribution in [0.5, 0.6) is 0 Å². The summed E-state index contributed by atoms with van der Waals surface area (Å²) in [5.41, 5.74) is -0.545. The first-order chi connectivity index (χ1) is 10.7. The van der Waals surface area contributed by atoms with Gasteiger partial charge in [-0.3, -0.25) is 4.79 Å². The molecule has 23 heavy (non-hydrogen) atoms. The standard InChI is InChI=1S/C18H32O4Si/c1-17(2)14-7-8-18(17,16(19)15(14)22-13-20-3)9-10-21-11-12-23(4,5)6/h9-10,14-15H,7-8,11-13H2,1-6H3/b10-9+/t14?,15-,18?/m1/s1. The summed E-state index contributed by atoms with van der Waals surface area (Å²) in [7, 11) is 0.503. The lowest BCUT2D eigenvalue weighted by atomic mass is 9.69. The predicted octanol–water partition coefficient (Wildman–Crippen LogP) is 3.85. The van der Waals surface area contributed by atoms with E-state index >= 15 is 0 Å². The van der Waals surface area contributed by atoms with Crippen LogP contribution in [-0.2, 0) is 19.0 Å². The van der Waals surface area contributed by atoms with E-state index in [1.54, 1.807) is 13.4 Å². The average molecular weight is 341 g/mol. The number of rotatable bonds is 8. The molecule has 0 amide bonds. The molecule has 2 aliphatic rings. The first-order valence-corrected chi connectivity index (χ1v) is 12.3. The number of allylic oxidation sites excluding steroid dienone is 1. The molecule has 0 radical (unpaired) electrons. The Hall–Kier alpha value is -0.653. The van der Waals surface area contributed by atoms with Crippen LogP contribution in [0.2, 0.25) is 25.7 Å². The molecule has 0 spiro atoms. The van der Waals surface area contributed by atoms with Crippen LogP contribution in [-0.4, -0.2) is 40.5 Å². The van der Waals surface area contributed by atoms with Crippen molar-refractivity contribution in [2.24, 2.45) is 16.7 Å². The van der Waals surface area contributed by atoms with Gasteiger partial charge in [0.05, 0.1) is 18.3 Å². The lowest BCUT2D eigenvalue weighted by Crippen LogP contribution is -2.37. The van der Waals surface area contributed by atoms with Gasteiger partial charge in [-0.15, -0.1) is 0 Å². The molecule has 0 heterocycles. The van der Waals surface area contributed by atoms with E-state index in [0.29, 0.717) is 0 Å². The van der Waals surface area contributed by atoms with Gasteiger partial charge in [0.2, 0.25) is 0 Å². The molecular formula is C18H32O4Si. The van der Waals surface area contributed by atoms with E-state index in [1.165, 1.54) is 0 Å². The second-order valence-corrected chi connectivity index (χ2v) is 14.3. The Labute approximate surface area is 141 Å². The zero-order chi connectivity index (χ0) is 17.3. The van der Waals surface area contributed by atoms with Gasteiger partial charge in [0.25, 0.3) is 0 Å². The number of ether oxygens (including phenoxy) is 3. The third kappa shape index (κ3) is 3.42. The largest absolute Gasteiger partial charge is 0.502 e. The molecule has 3 atom stereocenters. The molecule has 2 rings (SSSR count). The van der Waals surface area contributed by atoms with Gasteiger partial charge in [0, 0.05) is 15.2 Å². The Morgan fingerprint density at radius 1 is 1.30 bits per heavy atom. The monoisotopic (exact) mass is 340 g/mol. The summed E-state index contributed by atoms with van der Waals surface area (Å²) in [5, 5.41) is 0. The number of hydrogen-bond acceptors (Lipinski definition) is 4. The fraction of sp³-hybridized carbons (Fsp3) is 0.833. The van der Waals surface area contributed by atoms with Crippen molar-refractivity contribution in [2.45, 2.75) is 58.5 Å². The molecule has 0 aromatic heterocycles. The van der Waals surface area contributed by atoms with Crippen LogP contribution in [0.15, 0.2) is 12.3 Å². The minimum Gasteiger partial charge on any atom is -0.502 e. The fourth-order valence-corrected chi connectivity index (χ4v) is 4.85. The van der Waals surface area contributed by atoms with Crippen LogP contribution in [0.4, 0.5) is 0 Å². The van der Waals surface area contributed by atoms with E-state index in [-0.39, 0.29) is 30.0 Å². The number of methoxy groups -OCH3 is 1. The smallest absolute Gasteiger partial charge is 0.172 e. The second kappa shape index (κ2) is 6.69. The van der Waals surface area contributed by atoms with Gasteiger partial charge >= 0.3 is 0 Å². The van der Waals surface area contributed by atoms with Crippen LogP contribution in [0.25, 0.3) is 0 Å². The summed E-state index contributed by atoms with van der Waals surface area (Å²) in [6.07, 6.45) is 5.35. The van der Waals surface area contributed by atoms with Crippen LogP contribution in [0.1, 0.15) is 26.7 Å². The zero-order valence-electron chi connectivity index (χ0n) is 15.5. The molecule has 2 fully saturated rings. The summed E-state index contributed by atoms with van der Waals surface area (Å²) in [5.74, 6) is 0.456. The molecular weight excluding hydrogens is 308 g/mol. The Morgan fingerprint density at radius 2 is 2.00 bits per heavy atom. The maximum atomic E-state index is 13.0. The average Bonchev–Trinajstić information content (AvgIpc) is 2.78. The molecule has 0 saturated heterocycles. The van der Waals surface area contributed by atoms with Crippen molar-refractivity contribution in [3.05, 3.63) is 12.3 Å². The highest BCUT2D eigenvalue weighted by Gasteiger charge is 2.68. The number of carbonyl (C=O) groups is 1. The highest BCUT2D eigenvalue weighted by molar-refractivity contribution is 6.76. The molecule has 2 unspecified atom stereocenters. The van der Waals surface area contributed by atoms with Gasteiger partial charge in [-0.2, -0.15) is 0 Å². The van der Waals surface area contributed by atoms with Crippen LogP contribution < -0.4 is 0 Å². The maximum Gasteiger partial charge on any atom is 0.172 e. The minimum absolute atomic E-state index is 0.0961. The number of carbonyl (C=O) groups excluding carboxylic acids is 1. The summed E-state index contributed by atoms with van der Waals surface area (Å²) in [6.45, 7) is 12.3. The Kier molecular flexibility index (Phi) is 5.43. The second-order valence-electron chi connectivity index (χ2n) is 8.68. The molecule has 2 aliphatic carbocycles. The van der Waals surface area contributed by atoms with E-state index in [4.69, 9.17) is 14.2 Å². The normalized spacial score (nSPS) is 32.9. The van der Waals surface area contributed by atoms with E-state index in [1.807, 2.05) is 6.08 Å². The highest BCUT2D eigenvalue weighted by atomic mass is 28.3. The fourth-order valence-electron chi connectivity index (χ4n) is 4.11. The van der Waals surface area contributed by atoms with Crippen LogP contribution >= 0.6 is 0 Å². The van der Waals surface area contributed by atoms with Gasteiger partial charge in [0.1, 0.15) is 12.9 Å². The maximum absolute atomic E-state index is 13.0. The van der Waals surface area contributed by atoms with Gasteiger partial charge in [0.15, 0.2) is 5.78 Å². The summed E-state index contributed by atoms with van der Waals surface area (Å²) in [6, 6.07) is 1.13. The lowest BCUT2D eigenvalue weighted by Gasteiger charge is -2.33. The molecule has 0 aliphatic heterocycles. The van der Waals surface area contributed by atoms with Crippen molar-refractivity contribution in [3.8, 4) is 0 Å². The zero-order valence-corrected chi connectivity index (χ0v) is 16.5. The topological polar surface area (TPSA) is 44.8 Å². The molecule has 5 heteroatoms. The van der Waals surface area contributed by atoms with Crippen molar-refractivity contribution in [1.29, 1.82) is 0 Å². The molecule has 4 nitrogen and oxygen atoms in total. The van der Waals surface area contributed by atoms with Gasteiger partial charge in [-0.25, -0.2) is 0 Å². The molecule has 2 bridgehead atoms. The van der Waals surface area contributed by atoms with Crippen molar-refractivity contribution >= 4 is 13.9 Å². The summed E-state index contributed by atoms with van der Waals surface area (Å²) >= 11 is 0. The van der Waals surface area contributed by atoms with Crippen LogP contribution in [0.3, 0.4) is 0 Å². The Morgan fingerprint density at radius 3 is 2.61 bits per heavy atom. The summed E-state index contributed by atoms with van der Waals surface area (Å²) < 4.78 is 16.4. The number of fused-ring (bicyclic) bond motifs is 2. The number of Topliss-reactive ketones (excluding diaryl/α,β-unsaturated/α-hetero) is 1. The highest BCUT2D eigenvalue weighted by Crippen LogP contribution is 2.65. The first-order valence-electron chi connectivity index (χ1n) is 8.60. The Balaban J connectivity index is 2.05. The quantitative estimate of drug-likeness (QED) is 0.291. The predicted molar refractivity (Wildman–Crippen MR) is 93.9 cm³/mol. The van der Waals surface area contributed by atoms with E-state index in [9.17, 15) is 4.79 Å². The number of ketones is 1. The Bertz CT molecular complexity index is 466. The first kappa shape index (κ1) is 18.7. The van der Waals surface area contributed by atoms with Crippen molar-refractivity contribution in [2.75, 3.05) is 20.5 Å². The number of hydrogen-bond donors (Lipinski definition) is 0. The third-order valence-corrected chi connectivity index (χ3v) is 7.48. The van der Waals surface area contributed by atoms with Crippen LogP contribution in [0, 0.1) is 16.7 Å². The van der Waals surface area contributed by atoms with E-state index < -0.39 is 13.5 Å². The molecule has 0 aromatic rings. The van der Waals surface area contributed by atoms with Gasteiger partial charge in [-0.1, -0.05) is 33.5 Å². The molecule has 0 N–H and O–H groups in total. The van der Waals surface area contributed by atoms with E-state index in [0.717, 1.165) is 25.5 Å². The molecule has 2 saturated carbocycles. The van der Waals surface area contributed by atoms with Crippen molar-refractivity contribution in [3.63, 3.8) is 0 Å². The van der Waals surface area contributed by atoms with E-state index in [2.05, 4.69) is 33.5 Å². The van der Waals surface area contributed by atoms with Crippen molar-refractivity contribution < 1.29 is 19.0 Å². The minimum atomic E-state index is -1.08. The summed E-state index contributed by atoms with van der Waals surface area (Å²) in [4.78, 5) is 13.0. The molecule has 0 aromatic carbocycles. The third-order valence-electron chi connectivity index (χ3n) is 5.77. The van der Waals surface area contributed by atoms with Gasteiger partial charge < -0.3 is 14.2 Å². The molecule has 132 valence electrons. The van der Waals surface area contributed by atoms with Crippen molar-refractivity contribution in [1.82, 2.24) is 0 Å². The SMILES string of the molecule is COCO[C@H]1C(=O)C2(/C=C/OCC[Si](C)(C)C)CCC1C2(C)C.